The van der Waals surface area contributed by atoms with Crippen LogP contribution in [0.15, 0.2) is 89.8 Å². The van der Waals surface area contributed by atoms with Gasteiger partial charge in [-0.1, -0.05) is 74.0 Å². The Bertz CT molecular complexity index is 1320. The second-order valence-corrected chi connectivity index (χ2v) is 11.0. The highest BCUT2D eigenvalue weighted by Gasteiger charge is 2.33. The summed E-state index contributed by atoms with van der Waals surface area (Å²) in [7, 11) is -2.69. The third kappa shape index (κ3) is 7.83. The lowest BCUT2D eigenvalue weighted by molar-refractivity contribution is -0.138. The molecule has 3 rings (SSSR count). The summed E-state index contributed by atoms with van der Waals surface area (Å²) in [4.78, 5) is 28.4. The average Bonchev–Trinajstić information content (AvgIpc) is 2.96. The van der Waals surface area contributed by atoms with E-state index in [1.165, 1.54) is 24.1 Å². The second kappa shape index (κ2) is 14.3. The van der Waals surface area contributed by atoms with Crippen molar-refractivity contribution >= 4 is 27.5 Å². The molecule has 1 atom stereocenters. The summed E-state index contributed by atoms with van der Waals surface area (Å²) in [5.74, 6) is -0.458. The summed E-state index contributed by atoms with van der Waals surface area (Å²) < 4.78 is 34.2. The van der Waals surface area contributed by atoms with Gasteiger partial charge in [-0.25, -0.2) is 8.42 Å². The molecule has 0 saturated heterocycles. The van der Waals surface area contributed by atoms with Gasteiger partial charge >= 0.3 is 0 Å². The first-order valence-corrected chi connectivity index (χ1v) is 14.6. The van der Waals surface area contributed by atoms with Crippen molar-refractivity contribution in [1.82, 2.24) is 10.2 Å². The molecular weight excluding hydrogens is 514 g/mol. The van der Waals surface area contributed by atoms with E-state index in [9.17, 15) is 18.0 Å². The lowest BCUT2D eigenvalue weighted by Gasteiger charge is -2.32. The molecule has 0 aromatic heterocycles. The van der Waals surface area contributed by atoms with Gasteiger partial charge in [0.25, 0.3) is 10.0 Å². The zero-order valence-electron chi connectivity index (χ0n) is 22.7. The van der Waals surface area contributed by atoms with Crippen molar-refractivity contribution < 1.29 is 22.7 Å². The molecule has 0 bridgehead atoms. The number of hydrogen-bond donors (Lipinski definition) is 1. The maximum absolute atomic E-state index is 13.9. The molecule has 0 saturated carbocycles. The number of carbonyl (C=O) groups excluding carboxylic acids is 2. The van der Waals surface area contributed by atoms with Gasteiger partial charge in [-0.2, -0.15) is 0 Å². The summed E-state index contributed by atoms with van der Waals surface area (Å²) in [5.41, 5.74) is 1.24. The van der Waals surface area contributed by atoms with E-state index in [1.807, 2.05) is 37.3 Å². The predicted molar refractivity (Wildman–Crippen MR) is 153 cm³/mol. The Balaban J connectivity index is 1.97. The molecule has 1 N–H and O–H groups in total. The van der Waals surface area contributed by atoms with E-state index in [4.69, 9.17) is 4.74 Å². The number of benzene rings is 3. The highest BCUT2D eigenvalue weighted by molar-refractivity contribution is 7.92. The van der Waals surface area contributed by atoms with Crippen LogP contribution in [0, 0.1) is 0 Å². The normalized spacial score (nSPS) is 11.9. The molecule has 3 aromatic rings. The van der Waals surface area contributed by atoms with E-state index in [2.05, 4.69) is 5.32 Å². The maximum atomic E-state index is 13.9. The molecule has 0 aliphatic rings. The predicted octanol–water partition coefficient (Wildman–Crippen LogP) is 4.27. The Labute approximate surface area is 231 Å². The zero-order valence-corrected chi connectivity index (χ0v) is 23.6. The van der Waals surface area contributed by atoms with Crippen LogP contribution < -0.4 is 14.4 Å². The fourth-order valence-corrected chi connectivity index (χ4v) is 5.62. The van der Waals surface area contributed by atoms with E-state index in [-0.39, 0.29) is 23.0 Å². The van der Waals surface area contributed by atoms with Crippen molar-refractivity contribution in [2.24, 2.45) is 0 Å². The molecule has 2 amide bonds. The van der Waals surface area contributed by atoms with Crippen molar-refractivity contribution in [3.63, 3.8) is 0 Å². The van der Waals surface area contributed by atoms with Crippen LogP contribution in [-0.2, 0) is 26.0 Å². The first-order valence-electron chi connectivity index (χ1n) is 13.1. The molecule has 0 radical (unpaired) electrons. The van der Waals surface area contributed by atoms with Crippen LogP contribution in [0.4, 0.5) is 5.69 Å². The first-order chi connectivity index (χ1) is 18.8. The van der Waals surface area contributed by atoms with Gasteiger partial charge in [0.2, 0.25) is 11.8 Å². The zero-order chi connectivity index (χ0) is 28.3. The summed E-state index contributed by atoms with van der Waals surface area (Å²) in [6, 6.07) is 23.5. The van der Waals surface area contributed by atoms with Gasteiger partial charge in [0, 0.05) is 13.1 Å². The largest absolute Gasteiger partial charge is 0.495 e. The van der Waals surface area contributed by atoms with Crippen molar-refractivity contribution in [3.8, 4) is 5.75 Å². The number of para-hydroxylation sites is 2. The molecule has 0 heterocycles. The van der Waals surface area contributed by atoms with Crippen molar-refractivity contribution in [2.75, 3.05) is 31.0 Å². The van der Waals surface area contributed by atoms with Crippen LogP contribution in [0.5, 0.6) is 5.75 Å². The van der Waals surface area contributed by atoms with Gasteiger partial charge in [-0.05, 0) is 49.6 Å². The minimum Gasteiger partial charge on any atom is -0.495 e. The number of carbonyl (C=O) groups is 2. The molecule has 9 heteroatoms. The number of amides is 2. The lowest BCUT2D eigenvalue weighted by atomic mass is 10.1. The number of ether oxygens (including phenoxy) is 1. The lowest BCUT2D eigenvalue weighted by Crippen LogP contribution is -2.52. The third-order valence-electron chi connectivity index (χ3n) is 6.44. The molecule has 0 aliphatic heterocycles. The molecule has 0 aliphatic carbocycles. The smallest absolute Gasteiger partial charge is 0.264 e. The molecule has 39 heavy (non-hydrogen) atoms. The fourth-order valence-electron chi connectivity index (χ4n) is 4.17. The SMILES string of the molecule is CCCCNC(=O)C(C)N(CCc1ccccc1)C(=O)CN(c1ccccc1OC)S(=O)(=O)c1ccccc1. The van der Waals surface area contributed by atoms with Gasteiger partial charge in [0.05, 0.1) is 17.7 Å². The molecule has 3 aromatic carbocycles. The van der Waals surface area contributed by atoms with E-state index in [1.54, 1.807) is 49.4 Å². The quantitative estimate of drug-likeness (QED) is 0.302. The third-order valence-corrected chi connectivity index (χ3v) is 8.22. The van der Waals surface area contributed by atoms with Crippen LogP contribution in [0.25, 0.3) is 0 Å². The van der Waals surface area contributed by atoms with Gasteiger partial charge in [-0.15, -0.1) is 0 Å². The molecular formula is C30H37N3O5S. The Morgan fingerprint density at radius 3 is 2.18 bits per heavy atom. The number of unbranched alkanes of at least 4 members (excludes halogenated alkanes) is 1. The summed E-state index contributed by atoms with van der Waals surface area (Å²) in [6.07, 6.45) is 2.27. The Morgan fingerprint density at radius 1 is 0.923 bits per heavy atom. The van der Waals surface area contributed by atoms with Crippen LogP contribution in [0.2, 0.25) is 0 Å². The highest BCUT2D eigenvalue weighted by atomic mass is 32.2. The Kier molecular flexibility index (Phi) is 10.9. The molecule has 8 nitrogen and oxygen atoms in total. The van der Waals surface area contributed by atoms with Crippen LogP contribution >= 0.6 is 0 Å². The number of anilines is 1. The minimum absolute atomic E-state index is 0.0462. The molecule has 1 unspecified atom stereocenters. The van der Waals surface area contributed by atoms with Gasteiger partial charge < -0.3 is 15.0 Å². The Morgan fingerprint density at radius 2 is 1.54 bits per heavy atom. The van der Waals surface area contributed by atoms with E-state index >= 15 is 0 Å². The number of nitrogens with one attached hydrogen (secondary N) is 1. The molecule has 0 spiro atoms. The minimum atomic E-state index is -4.14. The number of methoxy groups -OCH3 is 1. The molecule has 0 fully saturated rings. The van der Waals surface area contributed by atoms with E-state index in [0.717, 1.165) is 22.7 Å². The highest BCUT2D eigenvalue weighted by Crippen LogP contribution is 2.32. The number of sulfonamides is 1. The van der Waals surface area contributed by atoms with Crippen molar-refractivity contribution in [3.05, 3.63) is 90.5 Å². The summed E-state index contributed by atoms with van der Waals surface area (Å²) in [5, 5.41) is 2.89. The average molecular weight is 552 g/mol. The summed E-state index contributed by atoms with van der Waals surface area (Å²) in [6.45, 7) is 3.96. The van der Waals surface area contributed by atoms with Gasteiger partial charge in [0.1, 0.15) is 18.3 Å². The van der Waals surface area contributed by atoms with Gasteiger partial charge in [0.15, 0.2) is 0 Å². The number of nitrogens with zero attached hydrogens (tertiary/aromatic N) is 2. The van der Waals surface area contributed by atoms with Crippen LogP contribution in [0.1, 0.15) is 32.3 Å². The fraction of sp³-hybridized carbons (Fsp3) is 0.333. The maximum Gasteiger partial charge on any atom is 0.264 e. The summed E-state index contributed by atoms with van der Waals surface area (Å²) >= 11 is 0. The topological polar surface area (TPSA) is 96.0 Å². The van der Waals surface area contributed by atoms with Crippen molar-refractivity contribution in [2.45, 2.75) is 44.0 Å². The second-order valence-electron chi connectivity index (χ2n) is 9.14. The van der Waals surface area contributed by atoms with Crippen LogP contribution in [-0.4, -0.2) is 57.9 Å². The molecule has 208 valence electrons. The Hall–Kier alpha value is -3.85. The van der Waals surface area contributed by atoms with Crippen molar-refractivity contribution in [1.29, 1.82) is 0 Å². The first kappa shape index (κ1) is 29.7. The van der Waals surface area contributed by atoms with E-state index in [0.29, 0.717) is 18.7 Å². The number of hydrogen-bond acceptors (Lipinski definition) is 5. The monoisotopic (exact) mass is 551 g/mol. The standard InChI is InChI=1S/C30H37N3O5S/c1-4-5-21-31-30(35)24(2)32(22-20-25-14-8-6-9-15-25)29(34)23-33(27-18-12-13-19-28(27)38-3)39(36,37)26-16-10-7-11-17-26/h6-19,24H,4-5,20-23H2,1-3H3,(H,31,35). The van der Waals surface area contributed by atoms with E-state index < -0.39 is 28.5 Å². The number of rotatable bonds is 14. The van der Waals surface area contributed by atoms with Crippen LogP contribution in [0.3, 0.4) is 0 Å². The van der Waals surface area contributed by atoms with Gasteiger partial charge in [-0.3, -0.25) is 13.9 Å².